The molecule has 132 valence electrons. The SMILES string of the molecule is Cl.NCCN(CCc1ccccc1)S(=O)(=O)N1CCCCCC1. The monoisotopic (exact) mass is 361 g/mol. The van der Waals surface area contributed by atoms with Gasteiger partial charge in [-0.25, -0.2) is 0 Å². The fraction of sp³-hybridized carbons (Fsp3) is 0.625. The minimum absolute atomic E-state index is 0. The molecule has 1 aromatic carbocycles. The van der Waals surface area contributed by atoms with Gasteiger partial charge in [-0.15, -0.1) is 12.4 Å². The van der Waals surface area contributed by atoms with Gasteiger partial charge in [0, 0.05) is 32.7 Å². The molecule has 2 rings (SSSR count). The molecule has 0 aromatic heterocycles. The van der Waals surface area contributed by atoms with E-state index < -0.39 is 10.2 Å². The zero-order chi connectivity index (χ0) is 15.8. The molecule has 0 radical (unpaired) electrons. The van der Waals surface area contributed by atoms with E-state index in [4.69, 9.17) is 5.73 Å². The third-order valence-corrected chi connectivity index (χ3v) is 6.12. The summed E-state index contributed by atoms with van der Waals surface area (Å²) in [6.07, 6.45) is 4.86. The number of hydrogen-bond acceptors (Lipinski definition) is 3. The van der Waals surface area contributed by atoms with Crippen molar-refractivity contribution in [2.75, 3.05) is 32.7 Å². The van der Waals surface area contributed by atoms with Gasteiger partial charge in [0.25, 0.3) is 10.2 Å². The Bertz CT molecular complexity index is 532. The second kappa shape index (κ2) is 10.3. The summed E-state index contributed by atoms with van der Waals surface area (Å²) in [4.78, 5) is 0. The Balaban J connectivity index is 0.00000264. The lowest BCUT2D eigenvalue weighted by atomic mass is 10.1. The van der Waals surface area contributed by atoms with Crippen molar-refractivity contribution in [2.45, 2.75) is 32.1 Å². The first kappa shape index (κ1) is 20.4. The molecule has 0 spiro atoms. The first-order valence-corrected chi connectivity index (χ1v) is 9.53. The normalized spacial score (nSPS) is 16.8. The fourth-order valence-corrected chi connectivity index (χ4v) is 4.53. The molecule has 1 heterocycles. The Labute approximate surface area is 146 Å². The van der Waals surface area contributed by atoms with Crippen LogP contribution in [0.25, 0.3) is 0 Å². The Hall–Kier alpha value is -0.660. The van der Waals surface area contributed by atoms with Crippen molar-refractivity contribution in [3.05, 3.63) is 35.9 Å². The number of nitrogens with zero attached hydrogens (tertiary/aromatic N) is 2. The summed E-state index contributed by atoms with van der Waals surface area (Å²) in [5.74, 6) is 0. The second-order valence-electron chi connectivity index (χ2n) is 5.74. The van der Waals surface area contributed by atoms with Crippen molar-refractivity contribution in [2.24, 2.45) is 5.73 Å². The summed E-state index contributed by atoms with van der Waals surface area (Å²) in [7, 11) is -3.39. The molecule has 0 amide bonds. The quantitative estimate of drug-likeness (QED) is 0.808. The standard InChI is InChI=1S/C16H27N3O2S.ClH/c17-11-15-19(14-10-16-8-4-3-5-9-16)22(20,21)18-12-6-1-2-7-13-18;/h3-5,8-9H,1-2,6-7,10-15,17H2;1H. The fourth-order valence-electron chi connectivity index (χ4n) is 2.82. The zero-order valence-corrected chi connectivity index (χ0v) is 15.2. The van der Waals surface area contributed by atoms with Crippen LogP contribution in [0, 0.1) is 0 Å². The molecule has 1 aliphatic rings. The largest absolute Gasteiger partial charge is 0.329 e. The summed E-state index contributed by atoms with van der Waals surface area (Å²) in [6.45, 7) is 2.48. The van der Waals surface area contributed by atoms with E-state index in [-0.39, 0.29) is 12.4 Å². The van der Waals surface area contributed by atoms with Gasteiger partial charge in [-0.1, -0.05) is 43.2 Å². The average Bonchev–Trinajstić information content (AvgIpc) is 2.82. The summed E-state index contributed by atoms with van der Waals surface area (Å²) in [6, 6.07) is 9.98. The van der Waals surface area contributed by atoms with Crippen LogP contribution >= 0.6 is 12.4 Å². The van der Waals surface area contributed by atoms with Gasteiger partial charge in [-0.2, -0.15) is 17.0 Å². The predicted octanol–water partition coefficient (Wildman–Crippen LogP) is 2.03. The first-order chi connectivity index (χ1) is 10.6. The van der Waals surface area contributed by atoms with Crippen LogP contribution < -0.4 is 5.73 Å². The van der Waals surface area contributed by atoms with Gasteiger partial charge in [0.15, 0.2) is 0 Å². The summed E-state index contributed by atoms with van der Waals surface area (Å²) < 4.78 is 28.9. The van der Waals surface area contributed by atoms with Gasteiger partial charge in [-0.3, -0.25) is 0 Å². The van der Waals surface area contributed by atoms with E-state index in [9.17, 15) is 8.42 Å². The van der Waals surface area contributed by atoms with Crippen LogP contribution in [0.3, 0.4) is 0 Å². The van der Waals surface area contributed by atoms with Crippen molar-refractivity contribution >= 4 is 22.6 Å². The average molecular weight is 362 g/mol. The van der Waals surface area contributed by atoms with Crippen molar-refractivity contribution in [3.8, 4) is 0 Å². The molecule has 2 N–H and O–H groups in total. The molecular formula is C16H28ClN3O2S. The number of nitrogens with two attached hydrogens (primary N) is 1. The van der Waals surface area contributed by atoms with Crippen LogP contribution in [0.4, 0.5) is 0 Å². The molecule has 5 nitrogen and oxygen atoms in total. The van der Waals surface area contributed by atoms with Gasteiger partial charge in [-0.05, 0) is 24.8 Å². The van der Waals surface area contributed by atoms with Gasteiger partial charge >= 0.3 is 0 Å². The van der Waals surface area contributed by atoms with Crippen LogP contribution in [0.2, 0.25) is 0 Å². The van der Waals surface area contributed by atoms with Gasteiger partial charge in [0.2, 0.25) is 0 Å². The minimum atomic E-state index is -3.39. The number of rotatable bonds is 7. The zero-order valence-electron chi connectivity index (χ0n) is 13.6. The van der Waals surface area contributed by atoms with Crippen LogP contribution in [0.15, 0.2) is 30.3 Å². The number of halogens is 1. The maximum atomic E-state index is 12.8. The Kier molecular flexibility index (Phi) is 9.09. The van der Waals surface area contributed by atoms with E-state index in [1.807, 2.05) is 30.3 Å². The van der Waals surface area contributed by atoms with Gasteiger partial charge in [0.05, 0.1) is 0 Å². The summed E-state index contributed by atoms with van der Waals surface area (Å²) in [5.41, 5.74) is 6.78. The molecule has 0 bridgehead atoms. The Morgan fingerprint density at radius 2 is 1.61 bits per heavy atom. The lowest BCUT2D eigenvalue weighted by Crippen LogP contribution is -2.46. The second-order valence-corrected chi connectivity index (χ2v) is 7.67. The number of benzene rings is 1. The van der Waals surface area contributed by atoms with E-state index in [0.29, 0.717) is 39.1 Å². The molecule has 0 saturated carbocycles. The van der Waals surface area contributed by atoms with E-state index in [1.54, 1.807) is 8.61 Å². The highest BCUT2D eigenvalue weighted by Gasteiger charge is 2.29. The van der Waals surface area contributed by atoms with Crippen LogP contribution in [0.1, 0.15) is 31.2 Å². The maximum Gasteiger partial charge on any atom is 0.282 e. The lowest BCUT2D eigenvalue weighted by Gasteiger charge is -2.29. The maximum absolute atomic E-state index is 12.8. The molecular weight excluding hydrogens is 334 g/mol. The molecule has 0 atom stereocenters. The first-order valence-electron chi connectivity index (χ1n) is 8.14. The predicted molar refractivity (Wildman–Crippen MR) is 97.0 cm³/mol. The van der Waals surface area contributed by atoms with Crippen LogP contribution in [-0.2, 0) is 16.6 Å². The highest BCUT2D eigenvalue weighted by molar-refractivity contribution is 7.86. The van der Waals surface area contributed by atoms with E-state index >= 15 is 0 Å². The molecule has 23 heavy (non-hydrogen) atoms. The molecule has 1 aliphatic heterocycles. The molecule has 1 saturated heterocycles. The third kappa shape index (κ3) is 6.04. The molecule has 7 heteroatoms. The minimum Gasteiger partial charge on any atom is -0.329 e. The van der Waals surface area contributed by atoms with Crippen molar-refractivity contribution in [1.29, 1.82) is 0 Å². The van der Waals surface area contributed by atoms with Crippen LogP contribution in [-0.4, -0.2) is 49.8 Å². The third-order valence-electron chi connectivity index (χ3n) is 4.09. The Morgan fingerprint density at radius 1 is 1.00 bits per heavy atom. The van der Waals surface area contributed by atoms with Crippen molar-refractivity contribution in [1.82, 2.24) is 8.61 Å². The molecule has 1 aromatic rings. The van der Waals surface area contributed by atoms with Gasteiger partial charge < -0.3 is 5.73 Å². The summed E-state index contributed by atoms with van der Waals surface area (Å²) >= 11 is 0. The van der Waals surface area contributed by atoms with E-state index in [2.05, 4.69) is 0 Å². The number of hydrogen-bond donors (Lipinski definition) is 1. The highest BCUT2D eigenvalue weighted by Crippen LogP contribution is 2.16. The van der Waals surface area contributed by atoms with E-state index in [0.717, 1.165) is 31.2 Å². The topological polar surface area (TPSA) is 66.6 Å². The van der Waals surface area contributed by atoms with Crippen molar-refractivity contribution < 1.29 is 8.42 Å². The van der Waals surface area contributed by atoms with E-state index in [1.165, 1.54) is 0 Å². The molecule has 0 aliphatic carbocycles. The van der Waals surface area contributed by atoms with Crippen molar-refractivity contribution in [3.63, 3.8) is 0 Å². The van der Waals surface area contributed by atoms with Gasteiger partial charge in [0.1, 0.15) is 0 Å². The van der Waals surface area contributed by atoms with Crippen LogP contribution in [0.5, 0.6) is 0 Å². The molecule has 1 fully saturated rings. The smallest absolute Gasteiger partial charge is 0.282 e. The molecule has 0 unspecified atom stereocenters. The highest BCUT2D eigenvalue weighted by atomic mass is 35.5. The summed E-state index contributed by atoms with van der Waals surface area (Å²) in [5, 5.41) is 0. The lowest BCUT2D eigenvalue weighted by molar-refractivity contribution is 0.344. The Morgan fingerprint density at radius 3 is 2.17 bits per heavy atom.